The van der Waals surface area contributed by atoms with Gasteiger partial charge in [-0.3, -0.25) is 0 Å². The lowest BCUT2D eigenvalue weighted by atomic mass is 10.4. The molecule has 0 aliphatic carbocycles. The summed E-state index contributed by atoms with van der Waals surface area (Å²) in [5.74, 6) is 0. The maximum absolute atomic E-state index is 12.3. The number of alkyl halides is 3. The zero-order valence-corrected chi connectivity index (χ0v) is 13.1. The lowest BCUT2D eigenvalue weighted by Gasteiger charge is -2.17. The molecule has 0 saturated heterocycles. The van der Waals surface area contributed by atoms with Crippen LogP contribution in [0.25, 0.3) is 0 Å². The summed E-state index contributed by atoms with van der Waals surface area (Å²) in [5, 5.41) is 3.06. The second-order valence-electron chi connectivity index (χ2n) is 4.61. The Balaban J connectivity index is 3.05. The van der Waals surface area contributed by atoms with Gasteiger partial charge in [-0.15, -0.1) is 0 Å². The Labute approximate surface area is 122 Å². The fraction of sp³-hybridized carbons (Fsp3) is 0.667. The molecule has 1 aromatic heterocycles. The molecule has 0 unspecified atom stereocenters. The third-order valence-electron chi connectivity index (χ3n) is 2.97. The molecule has 0 atom stereocenters. The molecule has 1 heterocycles. The molecule has 1 rings (SSSR count). The third kappa shape index (κ3) is 4.72. The van der Waals surface area contributed by atoms with Gasteiger partial charge in [0.25, 0.3) is 0 Å². The van der Waals surface area contributed by atoms with Gasteiger partial charge >= 0.3 is 6.18 Å². The molecule has 5 nitrogen and oxygen atoms in total. The topological polar surface area (TPSA) is 54.3 Å². The zero-order valence-electron chi connectivity index (χ0n) is 12.2. The van der Waals surface area contributed by atoms with Crippen LogP contribution in [0.1, 0.15) is 19.5 Å². The van der Waals surface area contributed by atoms with E-state index >= 15 is 0 Å². The molecule has 0 saturated carbocycles. The number of hydrogen-bond donors (Lipinski definition) is 1. The number of halogens is 3. The first-order valence-corrected chi connectivity index (χ1v) is 7.98. The Morgan fingerprint density at radius 3 is 2.43 bits per heavy atom. The van der Waals surface area contributed by atoms with Crippen molar-refractivity contribution in [2.24, 2.45) is 0 Å². The molecule has 0 aliphatic rings. The smallest absolute Gasteiger partial charge is 0.349 e. The summed E-state index contributed by atoms with van der Waals surface area (Å²) in [6, 6.07) is 1.41. The molecule has 122 valence electrons. The molecule has 0 amide bonds. The van der Waals surface area contributed by atoms with Crippen LogP contribution < -0.4 is 5.32 Å². The maximum Gasteiger partial charge on any atom is 0.402 e. The first-order chi connectivity index (χ1) is 9.61. The fourth-order valence-corrected chi connectivity index (χ4v) is 3.10. The standard InChI is InChI=1S/C12H20F3N3O2S/c1-4-16-7-10-6-11(8-18(10)5-2)21(19,20)17(3)9-12(13,14)15/h6,8,16H,4-5,7,9H2,1-3H3. The number of nitrogens with zero attached hydrogens (tertiary/aromatic N) is 2. The number of hydrogen-bond acceptors (Lipinski definition) is 3. The van der Waals surface area contributed by atoms with Gasteiger partial charge in [0.05, 0.1) is 0 Å². The minimum atomic E-state index is -4.57. The van der Waals surface area contributed by atoms with Gasteiger partial charge in [-0.25, -0.2) is 8.42 Å². The molecule has 1 N–H and O–H groups in total. The Hall–Kier alpha value is -1.06. The summed E-state index contributed by atoms with van der Waals surface area (Å²) in [7, 11) is -3.22. The maximum atomic E-state index is 12.3. The van der Waals surface area contributed by atoms with Crippen LogP contribution in [0, 0.1) is 0 Å². The van der Waals surface area contributed by atoms with Crippen LogP contribution >= 0.6 is 0 Å². The predicted molar refractivity (Wildman–Crippen MR) is 73.4 cm³/mol. The molecule has 0 spiro atoms. The molecular weight excluding hydrogens is 307 g/mol. The largest absolute Gasteiger partial charge is 0.402 e. The van der Waals surface area contributed by atoms with Gasteiger partial charge in [-0.05, 0) is 19.5 Å². The summed E-state index contributed by atoms with van der Waals surface area (Å²) in [6.07, 6.45) is -3.20. The van der Waals surface area contributed by atoms with Crippen LogP contribution in [0.15, 0.2) is 17.2 Å². The van der Waals surface area contributed by atoms with Crippen LogP contribution in [0.5, 0.6) is 0 Å². The molecule has 0 bridgehead atoms. The van der Waals surface area contributed by atoms with Crippen molar-refractivity contribution in [3.8, 4) is 0 Å². The van der Waals surface area contributed by atoms with E-state index in [4.69, 9.17) is 0 Å². The zero-order chi connectivity index (χ0) is 16.3. The van der Waals surface area contributed by atoms with Gasteiger partial charge < -0.3 is 9.88 Å². The van der Waals surface area contributed by atoms with E-state index in [0.717, 1.165) is 12.7 Å². The second kappa shape index (κ2) is 6.80. The summed E-state index contributed by atoms with van der Waals surface area (Å²) in [5.41, 5.74) is 0.721. The highest BCUT2D eigenvalue weighted by molar-refractivity contribution is 7.89. The average Bonchev–Trinajstić information content (AvgIpc) is 2.78. The van der Waals surface area contributed by atoms with Crippen molar-refractivity contribution in [3.05, 3.63) is 18.0 Å². The van der Waals surface area contributed by atoms with Gasteiger partial charge in [0.15, 0.2) is 0 Å². The molecule has 1 aromatic rings. The molecule has 9 heteroatoms. The van der Waals surface area contributed by atoms with E-state index in [1.54, 1.807) is 4.57 Å². The molecule has 21 heavy (non-hydrogen) atoms. The Morgan fingerprint density at radius 2 is 1.95 bits per heavy atom. The van der Waals surface area contributed by atoms with Crippen LogP contribution in [-0.4, -0.2) is 43.6 Å². The summed E-state index contributed by atoms with van der Waals surface area (Å²) in [4.78, 5) is -0.121. The number of nitrogens with one attached hydrogen (secondary N) is 1. The van der Waals surface area contributed by atoms with Crippen molar-refractivity contribution in [1.82, 2.24) is 14.2 Å². The highest BCUT2D eigenvalue weighted by atomic mass is 32.2. The van der Waals surface area contributed by atoms with Crippen molar-refractivity contribution >= 4 is 10.0 Å². The van der Waals surface area contributed by atoms with E-state index in [1.165, 1.54) is 12.3 Å². The van der Waals surface area contributed by atoms with E-state index in [9.17, 15) is 21.6 Å². The van der Waals surface area contributed by atoms with Gasteiger partial charge in [-0.2, -0.15) is 17.5 Å². The van der Waals surface area contributed by atoms with E-state index in [2.05, 4.69) is 5.32 Å². The molecule has 0 radical (unpaired) electrons. The Morgan fingerprint density at radius 1 is 1.33 bits per heavy atom. The molecular formula is C12H20F3N3O2S. The van der Waals surface area contributed by atoms with E-state index in [1.807, 2.05) is 13.8 Å². The number of aryl methyl sites for hydroxylation is 1. The van der Waals surface area contributed by atoms with Crippen molar-refractivity contribution in [3.63, 3.8) is 0 Å². The van der Waals surface area contributed by atoms with Crippen LogP contribution in [0.2, 0.25) is 0 Å². The van der Waals surface area contributed by atoms with Crippen LogP contribution in [0.4, 0.5) is 13.2 Å². The SMILES string of the molecule is CCNCc1cc(S(=O)(=O)N(C)CC(F)(F)F)cn1CC. The van der Waals surface area contributed by atoms with Crippen LogP contribution in [-0.2, 0) is 23.1 Å². The number of sulfonamides is 1. The lowest BCUT2D eigenvalue weighted by Crippen LogP contribution is -2.35. The summed E-state index contributed by atoms with van der Waals surface area (Å²) >= 11 is 0. The minimum Gasteiger partial charge on any atom is -0.349 e. The van der Waals surface area contributed by atoms with Gasteiger partial charge in [0.1, 0.15) is 11.4 Å². The van der Waals surface area contributed by atoms with Gasteiger partial charge in [-0.1, -0.05) is 6.92 Å². The van der Waals surface area contributed by atoms with Crippen molar-refractivity contribution < 1.29 is 21.6 Å². The number of aromatic nitrogens is 1. The lowest BCUT2D eigenvalue weighted by molar-refractivity contribution is -0.134. The number of rotatable bonds is 7. The highest BCUT2D eigenvalue weighted by Crippen LogP contribution is 2.23. The second-order valence-corrected chi connectivity index (χ2v) is 6.65. The van der Waals surface area contributed by atoms with Crippen molar-refractivity contribution in [2.45, 2.75) is 38.0 Å². The first kappa shape index (κ1) is 18.0. The Bertz CT molecular complexity index is 567. The van der Waals surface area contributed by atoms with Crippen molar-refractivity contribution in [1.29, 1.82) is 0 Å². The van der Waals surface area contributed by atoms with Gasteiger partial charge in [0, 0.05) is 32.0 Å². The summed E-state index contributed by atoms with van der Waals surface area (Å²) in [6.45, 7) is 3.96. The molecule has 0 fully saturated rings. The van der Waals surface area contributed by atoms with E-state index in [0.29, 0.717) is 23.9 Å². The normalized spacial score (nSPS) is 13.1. The fourth-order valence-electron chi connectivity index (χ4n) is 1.88. The summed E-state index contributed by atoms with van der Waals surface area (Å²) < 4.78 is 63.4. The average molecular weight is 327 g/mol. The third-order valence-corrected chi connectivity index (χ3v) is 4.74. The van der Waals surface area contributed by atoms with E-state index in [-0.39, 0.29) is 4.90 Å². The minimum absolute atomic E-state index is 0.121. The van der Waals surface area contributed by atoms with E-state index < -0.39 is 22.7 Å². The first-order valence-electron chi connectivity index (χ1n) is 6.54. The van der Waals surface area contributed by atoms with Crippen LogP contribution in [0.3, 0.4) is 0 Å². The van der Waals surface area contributed by atoms with Gasteiger partial charge in [0.2, 0.25) is 10.0 Å². The highest BCUT2D eigenvalue weighted by Gasteiger charge is 2.35. The van der Waals surface area contributed by atoms with Crippen molar-refractivity contribution in [2.75, 3.05) is 20.1 Å². The predicted octanol–water partition coefficient (Wildman–Crippen LogP) is 1.80. The molecule has 0 aromatic carbocycles. The molecule has 0 aliphatic heterocycles. The quantitative estimate of drug-likeness (QED) is 0.831. The Kier molecular flexibility index (Phi) is 5.83. The monoisotopic (exact) mass is 327 g/mol.